The maximum atomic E-state index is 11.5. The quantitative estimate of drug-likeness (QED) is 0.0590. The molecule has 0 aliphatic heterocycles. The van der Waals surface area contributed by atoms with Crippen molar-refractivity contribution in [2.75, 3.05) is 26.3 Å². The number of nitrogens with one attached hydrogen (secondary N) is 1. The van der Waals surface area contributed by atoms with Crippen molar-refractivity contribution in [3.63, 3.8) is 0 Å². The summed E-state index contributed by atoms with van der Waals surface area (Å²) >= 11 is 0. The number of amides is 1. The Morgan fingerprint density at radius 1 is 0.537 bits per heavy atom. The van der Waals surface area contributed by atoms with Crippen molar-refractivity contribution < 1.29 is 29.0 Å². The van der Waals surface area contributed by atoms with E-state index in [1.807, 2.05) is 0 Å². The van der Waals surface area contributed by atoms with Crippen LogP contribution in [0.1, 0.15) is 168 Å². The molecular formula is C33H66N2O6. The van der Waals surface area contributed by atoms with Crippen LogP contribution in [0.15, 0.2) is 0 Å². The Labute approximate surface area is 252 Å². The molecule has 1 amide bonds. The SMILES string of the molecule is CCCCCCCCCCOC(=O)CCCCCN.CCCCCCCCCCOC(=O)CCCCCNC(=O)O. The van der Waals surface area contributed by atoms with Gasteiger partial charge >= 0.3 is 18.0 Å². The lowest BCUT2D eigenvalue weighted by molar-refractivity contribution is -0.144. The number of esters is 2. The Hall–Kier alpha value is -1.83. The van der Waals surface area contributed by atoms with Crippen LogP contribution in [0.5, 0.6) is 0 Å². The van der Waals surface area contributed by atoms with Gasteiger partial charge in [-0.2, -0.15) is 0 Å². The summed E-state index contributed by atoms with van der Waals surface area (Å²) in [6.45, 7) is 6.76. The summed E-state index contributed by atoms with van der Waals surface area (Å²) in [5, 5.41) is 10.7. The van der Waals surface area contributed by atoms with Crippen molar-refractivity contribution >= 4 is 18.0 Å². The monoisotopic (exact) mass is 586 g/mol. The van der Waals surface area contributed by atoms with Gasteiger partial charge in [-0.15, -0.1) is 0 Å². The van der Waals surface area contributed by atoms with E-state index in [4.69, 9.17) is 20.3 Å². The van der Waals surface area contributed by atoms with Gasteiger partial charge in [-0.3, -0.25) is 9.59 Å². The van der Waals surface area contributed by atoms with Gasteiger partial charge in [0, 0.05) is 19.4 Å². The van der Waals surface area contributed by atoms with Gasteiger partial charge < -0.3 is 25.6 Å². The van der Waals surface area contributed by atoms with E-state index in [2.05, 4.69) is 19.2 Å². The molecule has 8 heteroatoms. The lowest BCUT2D eigenvalue weighted by Crippen LogP contribution is -2.21. The number of carboxylic acid groups (broad SMARTS) is 1. The molecule has 0 aromatic rings. The Balaban J connectivity index is 0. The number of unbranched alkanes of at least 4 members (excludes halogenated alkanes) is 18. The number of ether oxygens (including phenoxy) is 2. The summed E-state index contributed by atoms with van der Waals surface area (Å²) in [5.41, 5.74) is 5.39. The van der Waals surface area contributed by atoms with Crippen molar-refractivity contribution in [1.82, 2.24) is 5.32 Å². The van der Waals surface area contributed by atoms with Crippen LogP contribution in [0.4, 0.5) is 4.79 Å². The molecule has 244 valence electrons. The minimum Gasteiger partial charge on any atom is -0.466 e. The van der Waals surface area contributed by atoms with E-state index >= 15 is 0 Å². The lowest BCUT2D eigenvalue weighted by Gasteiger charge is -2.05. The molecule has 0 aliphatic carbocycles. The smallest absolute Gasteiger partial charge is 0.404 e. The fourth-order valence-electron chi connectivity index (χ4n) is 4.35. The van der Waals surface area contributed by atoms with Crippen molar-refractivity contribution in [3.8, 4) is 0 Å². The average Bonchev–Trinajstić information content (AvgIpc) is 2.95. The van der Waals surface area contributed by atoms with Crippen LogP contribution in [0.3, 0.4) is 0 Å². The first-order valence-corrected chi connectivity index (χ1v) is 17.0. The maximum absolute atomic E-state index is 11.5. The van der Waals surface area contributed by atoms with Gasteiger partial charge in [0.1, 0.15) is 0 Å². The number of hydrogen-bond donors (Lipinski definition) is 3. The van der Waals surface area contributed by atoms with Gasteiger partial charge in [-0.25, -0.2) is 4.79 Å². The molecule has 0 heterocycles. The molecule has 41 heavy (non-hydrogen) atoms. The molecule has 0 aromatic heterocycles. The van der Waals surface area contributed by atoms with Gasteiger partial charge in [0.2, 0.25) is 0 Å². The van der Waals surface area contributed by atoms with E-state index in [-0.39, 0.29) is 11.9 Å². The minimum atomic E-state index is -0.996. The molecule has 0 spiro atoms. The standard InChI is InChI=1S/C17H33NO4.C16H33NO2/c1-2-3-4-5-6-7-8-12-15-22-16(19)13-10-9-11-14-18-17(20)21;1-2-3-4-5-6-7-8-12-15-19-16(18)13-10-9-11-14-17/h18H,2-15H2,1H3,(H,20,21);2-15,17H2,1H3. The Kier molecular flexibility index (Phi) is 36.5. The van der Waals surface area contributed by atoms with E-state index in [0.717, 1.165) is 57.8 Å². The highest BCUT2D eigenvalue weighted by Crippen LogP contribution is 2.10. The van der Waals surface area contributed by atoms with Crippen LogP contribution < -0.4 is 11.1 Å². The largest absolute Gasteiger partial charge is 0.466 e. The average molecular weight is 587 g/mol. The number of carbonyl (C=O) groups excluding carboxylic acids is 2. The molecule has 4 N–H and O–H groups in total. The normalized spacial score (nSPS) is 10.5. The molecule has 8 nitrogen and oxygen atoms in total. The summed E-state index contributed by atoms with van der Waals surface area (Å²) in [6, 6.07) is 0. The van der Waals surface area contributed by atoms with Crippen molar-refractivity contribution in [2.24, 2.45) is 5.73 Å². The minimum absolute atomic E-state index is 0.0417. The molecule has 0 radical (unpaired) electrons. The number of hydrogen-bond acceptors (Lipinski definition) is 6. The summed E-state index contributed by atoms with van der Waals surface area (Å²) in [6.07, 6.45) is 25.4. The van der Waals surface area contributed by atoms with Gasteiger partial charge in [-0.1, -0.05) is 117 Å². The van der Waals surface area contributed by atoms with Crippen molar-refractivity contribution in [3.05, 3.63) is 0 Å². The number of carbonyl (C=O) groups is 3. The second-order valence-electron chi connectivity index (χ2n) is 11.0. The van der Waals surface area contributed by atoms with E-state index < -0.39 is 6.09 Å². The topological polar surface area (TPSA) is 128 Å². The number of rotatable bonds is 29. The zero-order valence-corrected chi connectivity index (χ0v) is 26.9. The highest BCUT2D eigenvalue weighted by molar-refractivity contribution is 5.69. The molecule has 0 aliphatic rings. The van der Waals surface area contributed by atoms with Gasteiger partial charge in [0.05, 0.1) is 13.2 Å². The van der Waals surface area contributed by atoms with E-state index in [1.54, 1.807) is 0 Å². The zero-order valence-electron chi connectivity index (χ0n) is 26.9. The number of nitrogens with two attached hydrogens (primary N) is 1. The summed E-state index contributed by atoms with van der Waals surface area (Å²) in [5.74, 6) is -0.172. The van der Waals surface area contributed by atoms with E-state index in [0.29, 0.717) is 39.1 Å². The third kappa shape index (κ3) is 40.4. The van der Waals surface area contributed by atoms with Crippen molar-refractivity contribution in [2.45, 2.75) is 168 Å². The van der Waals surface area contributed by atoms with Crippen LogP contribution in [0.2, 0.25) is 0 Å². The molecule has 0 saturated carbocycles. The van der Waals surface area contributed by atoms with Crippen LogP contribution in [0.25, 0.3) is 0 Å². The second-order valence-corrected chi connectivity index (χ2v) is 11.0. The molecular weight excluding hydrogens is 520 g/mol. The van der Waals surface area contributed by atoms with Gasteiger partial charge in [-0.05, 0) is 45.1 Å². The van der Waals surface area contributed by atoms with E-state index in [1.165, 1.54) is 83.5 Å². The molecule has 0 aromatic carbocycles. The molecule has 0 bridgehead atoms. The van der Waals surface area contributed by atoms with Gasteiger partial charge in [0.25, 0.3) is 0 Å². The van der Waals surface area contributed by atoms with Crippen LogP contribution >= 0.6 is 0 Å². The fourth-order valence-corrected chi connectivity index (χ4v) is 4.35. The molecule has 0 unspecified atom stereocenters. The first-order valence-electron chi connectivity index (χ1n) is 17.0. The van der Waals surface area contributed by atoms with Gasteiger partial charge in [0.15, 0.2) is 0 Å². The summed E-state index contributed by atoms with van der Waals surface area (Å²) in [7, 11) is 0. The van der Waals surface area contributed by atoms with Crippen LogP contribution in [-0.4, -0.2) is 49.4 Å². The highest BCUT2D eigenvalue weighted by Gasteiger charge is 2.03. The predicted molar refractivity (Wildman–Crippen MR) is 169 cm³/mol. The summed E-state index contributed by atoms with van der Waals surface area (Å²) < 4.78 is 10.4. The second kappa shape index (κ2) is 36.2. The first-order chi connectivity index (χ1) is 20.0. The highest BCUT2D eigenvalue weighted by atomic mass is 16.5. The molecule has 0 saturated heterocycles. The predicted octanol–water partition coefficient (Wildman–Crippen LogP) is 8.69. The fraction of sp³-hybridized carbons (Fsp3) is 0.909. The lowest BCUT2D eigenvalue weighted by atomic mass is 10.1. The molecule has 0 rings (SSSR count). The van der Waals surface area contributed by atoms with Crippen LogP contribution in [-0.2, 0) is 19.1 Å². The third-order valence-electron chi connectivity index (χ3n) is 6.94. The Morgan fingerprint density at radius 2 is 0.902 bits per heavy atom. The molecule has 0 atom stereocenters. The van der Waals surface area contributed by atoms with Crippen molar-refractivity contribution in [1.29, 1.82) is 0 Å². The Bertz CT molecular complexity index is 574. The maximum Gasteiger partial charge on any atom is 0.404 e. The first kappa shape index (κ1) is 41.3. The molecule has 0 fully saturated rings. The zero-order chi connectivity index (χ0) is 30.7. The Morgan fingerprint density at radius 3 is 1.29 bits per heavy atom. The summed E-state index contributed by atoms with van der Waals surface area (Å²) in [4.78, 5) is 33.0. The van der Waals surface area contributed by atoms with Crippen LogP contribution in [0, 0.1) is 0 Å². The third-order valence-corrected chi connectivity index (χ3v) is 6.94. The van der Waals surface area contributed by atoms with E-state index in [9.17, 15) is 14.4 Å².